The van der Waals surface area contributed by atoms with Crippen LogP contribution in [0.5, 0.6) is 5.75 Å². The summed E-state index contributed by atoms with van der Waals surface area (Å²) in [6.45, 7) is 6.18. The predicted molar refractivity (Wildman–Crippen MR) is 62.9 cm³/mol. The Hall–Kier alpha value is -1.51. The van der Waals surface area contributed by atoms with Crippen molar-refractivity contribution in [2.75, 3.05) is 0 Å². The Morgan fingerprint density at radius 3 is 2.44 bits per heavy atom. The molecule has 1 aromatic rings. The summed E-state index contributed by atoms with van der Waals surface area (Å²) >= 11 is 0. The van der Waals surface area contributed by atoms with Crippen LogP contribution in [0.1, 0.15) is 49.0 Å². The number of benzene rings is 1. The fourth-order valence-electron chi connectivity index (χ4n) is 2.04. The van der Waals surface area contributed by atoms with E-state index in [4.69, 9.17) is 5.11 Å². The lowest BCUT2D eigenvalue weighted by Gasteiger charge is -2.17. The van der Waals surface area contributed by atoms with E-state index < -0.39 is 5.97 Å². The number of aromatic hydroxyl groups is 1. The third-order valence-corrected chi connectivity index (χ3v) is 2.64. The lowest BCUT2D eigenvalue weighted by atomic mass is 9.88. The maximum absolute atomic E-state index is 11.1. The van der Waals surface area contributed by atoms with Crippen molar-refractivity contribution in [3.05, 3.63) is 29.3 Å². The largest absolute Gasteiger partial charge is 0.507 e. The van der Waals surface area contributed by atoms with Crippen LogP contribution < -0.4 is 0 Å². The molecule has 1 rings (SSSR count). The molecule has 0 bridgehead atoms. The molecule has 88 valence electrons. The van der Waals surface area contributed by atoms with E-state index in [1.807, 2.05) is 6.92 Å². The van der Waals surface area contributed by atoms with Gasteiger partial charge in [-0.2, -0.15) is 0 Å². The molecule has 3 nitrogen and oxygen atoms in total. The first-order chi connectivity index (χ1) is 7.43. The lowest BCUT2D eigenvalue weighted by molar-refractivity contribution is 0.0691. The summed E-state index contributed by atoms with van der Waals surface area (Å²) in [6, 6.07) is 4.87. The molecule has 0 amide bonds. The van der Waals surface area contributed by atoms with E-state index in [0.29, 0.717) is 11.5 Å². The lowest BCUT2D eigenvalue weighted by Crippen LogP contribution is -2.07. The first-order valence-electron chi connectivity index (χ1n) is 5.48. The number of phenols is 1. The highest BCUT2D eigenvalue weighted by molar-refractivity contribution is 5.92. The van der Waals surface area contributed by atoms with Gasteiger partial charge < -0.3 is 10.2 Å². The summed E-state index contributed by atoms with van der Waals surface area (Å²) in [5.74, 6) is -0.582. The molecule has 3 heteroatoms. The average molecular weight is 222 g/mol. The maximum Gasteiger partial charge on any atom is 0.339 e. The van der Waals surface area contributed by atoms with E-state index in [0.717, 1.165) is 6.42 Å². The topological polar surface area (TPSA) is 57.5 Å². The first kappa shape index (κ1) is 12.6. The molecular formula is C13H18O3. The quantitative estimate of drug-likeness (QED) is 0.822. The number of hydrogen-bond acceptors (Lipinski definition) is 2. The Morgan fingerprint density at radius 1 is 1.31 bits per heavy atom. The summed E-state index contributed by atoms with van der Waals surface area (Å²) in [5, 5.41) is 18.6. The van der Waals surface area contributed by atoms with Crippen LogP contribution in [0.15, 0.2) is 18.2 Å². The van der Waals surface area contributed by atoms with E-state index in [9.17, 15) is 9.90 Å². The Labute approximate surface area is 95.7 Å². The molecule has 0 saturated heterocycles. The van der Waals surface area contributed by atoms with E-state index in [-0.39, 0.29) is 17.2 Å². The van der Waals surface area contributed by atoms with Crippen molar-refractivity contribution in [3.63, 3.8) is 0 Å². The van der Waals surface area contributed by atoms with Gasteiger partial charge in [0.2, 0.25) is 0 Å². The summed E-state index contributed by atoms with van der Waals surface area (Å²) in [4.78, 5) is 11.1. The first-order valence-corrected chi connectivity index (χ1v) is 5.48. The minimum absolute atomic E-state index is 0.0376. The molecule has 0 aliphatic carbocycles. The standard InChI is InChI=1S/C13H18O3/c1-8(2)7-9(3)10-5-4-6-11(14)12(10)13(15)16/h4-6,8-9,14H,7H2,1-3H3,(H,15,16). The van der Waals surface area contributed by atoms with Crippen LogP contribution in [0, 0.1) is 5.92 Å². The Morgan fingerprint density at radius 2 is 1.94 bits per heavy atom. The van der Waals surface area contributed by atoms with Crippen LogP contribution in [0.25, 0.3) is 0 Å². The minimum Gasteiger partial charge on any atom is -0.507 e. The molecule has 0 aliphatic heterocycles. The van der Waals surface area contributed by atoms with Gasteiger partial charge in [0.05, 0.1) is 0 Å². The molecular weight excluding hydrogens is 204 g/mol. The van der Waals surface area contributed by atoms with Crippen LogP contribution in [-0.4, -0.2) is 16.2 Å². The van der Waals surface area contributed by atoms with Gasteiger partial charge >= 0.3 is 5.97 Å². The molecule has 0 heterocycles. The number of carbonyl (C=O) groups is 1. The third kappa shape index (κ3) is 2.75. The van der Waals surface area contributed by atoms with Gasteiger partial charge in [-0.05, 0) is 29.9 Å². The Bertz CT molecular complexity index is 383. The van der Waals surface area contributed by atoms with E-state index >= 15 is 0 Å². The van der Waals surface area contributed by atoms with Gasteiger partial charge in [0.25, 0.3) is 0 Å². The van der Waals surface area contributed by atoms with E-state index in [1.54, 1.807) is 12.1 Å². The van der Waals surface area contributed by atoms with Gasteiger partial charge in [0.15, 0.2) is 0 Å². The van der Waals surface area contributed by atoms with Crippen LogP contribution in [0.3, 0.4) is 0 Å². The smallest absolute Gasteiger partial charge is 0.339 e. The molecule has 1 aromatic carbocycles. The molecule has 0 fully saturated rings. The average Bonchev–Trinajstić information content (AvgIpc) is 2.15. The molecule has 1 unspecified atom stereocenters. The second kappa shape index (κ2) is 5.01. The van der Waals surface area contributed by atoms with E-state index in [2.05, 4.69) is 13.8 Å². The number of hydrogen-bond donors (Lipinski definition) is 2. The van der Waals surface area contributed by atoms with Crippen LogP contribution in [0.2, 0.25) is 0 Å². The van der Waals surface area contributed by atoms with Crippen molar-refractivity contribution < 1.29 is 15.0 Å². The number of carboxylic acids is 1. The van der Waals surface area contributed by atoms with Gasteiger partial charge in [0.1, 0.15) is 11.3 Å². The van der Waals surface area contributed by atoms with Gasteiger partial charge in [0, 0.05) is 0 Å². The zero-order chi connectivity index (χ0) is 12.3. The van der Waals surface area contributed by atoms with Gasteiger partial charge in [-0.1, -0.05) is 32.9 Å². The van der Waals surface area contributed by atoms with Crippen LogP contribution in [-0.2, 0) is 0 Å². The summed E-state index contributed by atoms with van der Waals surface area (Å²) in [7, 11) is 0. The van der Waals surface area contributed by atoms with Crippen molar-refractivity contribution in [2.45, 2.75) is 33.1 Å². The molecule has 0 spiro atoms. The van der Waals surface area contributed by atoms with E-state index in [1.165, 1.54) is 6.07 Å². The van der Waals surface area contributed by atoms with Crippen molar-refractivity contribution in [1.29, 1.82) is 0 Å². The predicted octanol–water partition coefficient (Wildman–Crippen LogP) is 3.24. The van der Waals surface area contributed by atoms with Crippen LogP contribution in [0.4, 0.5) is 0 Å². The molecule has 0 aromatic heterocycles. The van der Waals surface area contributed by atoms with Gasteiger partial charge in [-0.15, -0.1) is 0 Å². The second-order valence-corrected chi connectivity index (χ2v) is 4.58. The summed E-state index contributed by atoms with van der Waals surface area (Å²) in [6.07, 6.45) is 0.906. The molecule has 2 N–H and O–H groups in total. The number of aromatic carboxylic acids is 1. The highest BCUT2D eigenvalue weighted by Crippen LogP contribution is 2.30. The highest BCUT2D eigenvalue weighted by atomic mass is 16.4. The SMILES string of the molecule is CC(C)CC(C)c1cccc(O)c1C(=O)O. The fourth-order valence-corrected chi connectivity index (χ4v) is 2.04. The van der Waals surface area contributed by atoms with Gasteiger partial charge in [-0.25, -0.2) is 4.79 Å². The molecule has 0 aliphatic rings. The summed E-state index contributed by atoms with van der Waals surface area (Å²) < 4.78 is 0. The minimum atomic E-state index is -1.07. The normalized spacial score (nSPS) is 12.8. The molecule has 16 heavy (non-hydrogen) atoms. The van der Waals surface area contributed by atoms with Crippen molar-refractivity contribution in [2.24, 2.45) is 5.92 Å². The number of carboxylic acid groups (broad SMARTS) is 1. The summed E-state index contributed by atoms with van der Waals surface area (Å²) in [5.41, 5.74) is 0.747. The second-order valence-electron chi connectivity index (χ2n) is 4.58. The Balaban J connectivity index is 3.12. The van der Waals surface area contributed by atoms with Gasteiger partial charge in [-0.3, -0.25) is 0 Å². The molecule has 1 atom stereocenters. The maximum atomic E-state index is 11.1. The van der Waals surface area contributed by atoms with Crippen molar-refractivity contribution in [3.8, 4) is 5.75 Å². The Kier molecular flexibility index (Phi) is 3.93. The zero-order valence-corrected chi connectivity index (χ0v) is 9.90. The van der Waals surface area contributed by atoms with Crippen LogP contribution >= 0.6 is 0 Å². The van der Waals surface area contributed by atoms with Crippen molar-refractivity contribution >= 4 is 5.97 Å². The van der Waals surface area contributed by atoms with Crippen molar-refractivity contribution in [1.82, 2.24) is 0 Å². The monoisotopic (exact) mass is 222 g/mol. The third-order valence-electron chi connectivity index (χ3n) is 2.64. The fraction of sp³-hybridized carbons (Fsp3) is 0.462. The zero-order valence-electron chi connectivity index (χ0n) is 9.90. The highest BCUT2D eigenvalue weighted by Gasteiger charge is 2.19. The molecule has 0 saturated carbocycles. The molecule has 0 radical (unpaired) electrons. The number of rotatable bonds is 4.